The molecule has 2 unspecified atom stereocenters. The Morgan fingerprint density at radius 1 is 0.966 bits per heavy atom. The van der Waals surface area contributed by atoms with Crippen LogP contribution >= 0.6 is 0 Å². The number of methoxy groups -OCH3 is 1. The van der Waals surface area contributed by atoms with Crippen molar-refractivity contribution in [1.29, 1.82) is 0 Å². The Bertz CT molecular complexity index is 1200. The first-order valence-electron chi connectivity index (χ1n) is 7.50. The zero-order chi connectivity index (χ0) is 21.3. The fourth-order valence-electron chi connectivity index (χ4n) is 2.51. The predicted octanol–water partition coefficient (Wildman–Crippen LogP) is 1.91. The number of aromatic hydroxyl groups is 2. The fourth-order valence-corrected chi connectivity index (χ4v) is 3.09. The zero-order valence-corrected chi connectivity index (χ0v) is 16.0. The highest BCUT2D eigenvalue weighted by atomic mass is 32.2. The molecule has 4 N–H and O–H groups in total. The van der Waals surface area contributed by atoms with Gasteiger partial charge in [-0.2, -0.15) is 8.42 Å². The van der Waals surface area contributed by atoms with Crippen molar-refractivity contribution in [3.05, 3.63) is 40.6 Å². The van der Waals surface area contributed by atoms with Crippen LogP contribution in [-0.2, 0) is 22.7 Å². The van der Waals surface area contributed by atoms with Gasteiger partial charge in [-0.15, -0.1) is 0 Å². The summed E-state index contributed by atoms with van der Waals surface area (Å²) in [6, 6.07) is 5.78. The van der Waals surface area contributed by atoms with Crippen LogP contribution in [0.5, 0.6) is 28.7 Å². The van der Waals surface area contributed by atoms with Crippen molar-refractivity contribution in [1.82, 2.24) is 0 Å². The van der Waals surface area contributed by atoms with Gasteiger partial charge in [0.15, 0.2) is 17.3 Å². The zero-order valence-electron chi connectivity index (χ0n) is 14.3. The lowest BCUT2D eigenvalue weighted by Crippen LogP contribution is -2.12. The molecule has 0 aliphatic carbocycles. The molecule has 0 aliphatic rings. The SMILES string of the molecule is COc1cc(O)c2c(=O)c(OS(=O)O)c(-c3ccc(O)c(OS(=O)O)c3)oc2c1. The summed E-state index contributed by atoms with van der Waals surface area (Å²) in [5, 5.41) is 19.5. The van der Waals surface area contributed by atoms with Gasteiger partial charge in [0, 0.05) is 17.7 Å². The van der Waals surface area contributed by atoms with Crippen molar-refractivity contribution in [2.45, 2.75) is 0 Å². The minimum atomic E-state index is -2.92. The topological polar surface area (TPSA) is 173 Å². The van der Waals surface area contributed by atoms with Gasteiger partial charge in [-0.25, -0.2) is 0 Å². The Labute approximate surface area is 167 Å². The van der Waals surface area contributed by atoms with Crippen LogP contribution in [0.3, 0.4) is 0 Å². The van der Waals surface area contributed by atoms with E-state index in [1.165, 1.54) is 19.2 Å². The molecule has 0 radical (unpaired) electrons. The molecule has 3 rings (SSSR count). The highest BCUT2D eigenvalue weighted by molar-refractivity contribution is 7.74. The van der Waals surface area contributed by atoms with Gasteiger partial charge in [-0.3, -0.25) is 13.9 Å². The highest BCUT2D eigenvalue weighted by Crippen LogP contribution is 2.39. The third kappa shape index (κ3) is 4.17. The van der Waals surface area contributed by atoms with Gasteiger partial charge in [-0.05, 0) is 18.2 Å². The summed E-state index contributed by atoms with van der Waals surface area (Å²) in [5.41, 5.74) is -1.12. The van der Waals surface area contributed by atoms with Gasteiger partial charge in [0.05, 0.1) is 7.11 Å². The van der Waals surface area contributed by atoms with E-state index in [4.69, 9.17) is 18.3 Å². The van der Waals surface area contributed by atoms with Crippen LogP contribution in [0.2, 0.25) is 0 Å². The molecule has 3 aromatic rings. The van der Waals surface area contributed by atoms with Crippen LogP contribution in [0.15, 0.2) is 39.5 Å². The summed E-state index contributed by atoms with van der Waals surface area (Å²) in [6.07, 6.45) is 0. The molecule has 0 spiro atoms. The van der Waals surface area contributed by atoms with Crippen molar-refractivity contribution < 1.29 is 45.3 Å². The second-order valence-corrected chi connectivity index (χ2v) is 6.59. The molecule has 13 heteroatoms. The Morgan fingerprint density at radius 3 is 2.28 bits per heavy atom. The molecule has 0 saturated heterocycles. The van der Waals surface area contributed by atoms with Crippen LogP contribution in [0.25, 0.3) is 22.3 Å². The van der Waals surface area contributed by atoms with E-state index in [1.807, 2.05) is 0 Å². The lowest BCUT2D eigenvalue weighted by Gasteiger charge is -2.12. The minimum Gasteiger partial charge on any atom is -0.507 e. The summed E-state index contributed by atoms with van der Waals surface area (Å²) in [5.74, 6) is -2.37. The smallest absolute Gasteiger partial charge is 0.357 e. The molecule has 0 aliphatic heterocycles. The first-order chi connectivity index (χ1) is 13.7. The molecule has 154 valence electrons. The first kappa shape index (κ1) is 20.6. The van der Waals surface area contributed by atoms with Crippen molar-refractivity contribution in [3.8, 4) is 40.1 Å². The van der Waals surface area contributed by atoms with E-state index >= 15 is 0 Å². The molecule has 0 bridgehead atoms. The molecular weight excluding hydrogens is 432 g/mol. The van der Waals surface area contributed by atoms with Crippen molar-refractivity contribution >= 4 is 33.7 Å². The van der Waals surface area contributed by atoms with Gasteiger partial charge in [-0.1, -0.05) is 0 Å². The van der Waals surface area contributed by atoms with Gasteiger partial charge in [0.25, 0.3) is 0 Å². The van der Waals surface area contributed by atoms with E-state index in [2.05, 4.69) is 8.37 Å². The Hall–Kier alpha value is -3.13. The molecule has 29 heavy (non-hydrogen) atoms. The number of phenolic OH excluding ortho intramolecular Hbond substituents is 2. The average Bonchev–Trinajstić information content (AvgIpc) is 2.64. The van der Waals surface area contributed by atoms with Gasteiger partial charge >= 0.3 is 22.7 Å². The number of hydrogen-bond donors (Lipinski definition) is 4. The lowest BCUT2D eigenvalue weighted by molar-refractivity contribution is 0.407. The largest absolute Gasteiger partial charge is 0.507 e. The molecule has 2 aromatic carbocycles. The maximum Gasteiger partial charge on any atom is 0.357 e. The van der Waals surface area contributed by atoms with Crippen LogP contribution in [0, 0.1) is 0 Å². The third-order valence-corrected chi connectivity index (χ3v) is 4.31. The third-order valence-electron chi connectivity index (χ3n) is 3.68. The van der Waals surface area contributed by atoms with E-state index in [0.717, 1.165) is 18.2 Å². The summed E-state index contributed by atoms with van der Waals surface area (Å²) in [6.45, 7) is 0. The standard InChI is InChI=1S/C16H12O11S2/c1-24-8-5-10(18)13-12(6-8)25-15(16(14(13)19)27-29(22)23)7-2-3-9(17)11(4-7)26-28(20)21/h2-6,17-18H,1H3,(H,20,21)(H,22,23). The van der Waals surface area contributed by atoms with E-state index in [-0.39, 0.29) is 28.0 Å². The second kappa shape index (κ2) is 8.08. The number of hydrogen-bond acceptors (Lipinski definition) is 9. The van der Waals surface area contributed by atoms with Crippen LogP contribution < -0.4 is 18.5 Å². The van der Waals surface area contributed by atoms with Crippen LogP contribution in [0.1, 0.15) is 0 Å². The minimum absolute atomic E-state index is 0.00925. The number of phenols is 2. The summed E-state index contributed by atoms with van der Waals surface area (Å²) in [7, 11) is 1.32. The summed E-state index contributed by atoms with van der Waals surface area (Å²) >= 11 is -5.68. The lowest BCUT2D eigenvalue weighted by atomic mass is 10.1. The molecule has 0 fully saturated rings. The number of fused-ring (bicyclic) bond motifs is 1. The van der Waals surface area contributed by atoms with E-state index in [0.29, 0.717) is 0 Å². The Balaban J connectivity index is 2.35. The molecule has 1 heterocycles. The Morgan fingerprint density at radius 2 is 1.66 bits per heavy atom. The predicted molar refractivity (Wildman–Crippen MR) is 101 cm³/mol. The normalized spacial score (nSPS) is 13.1. The van der Waals surface area contributed by atoms with Gasteiger partial charge in [0.1, 0.15) is 22.5 Å². The second-order valence-electron chi connectivity index (χ2n) is 5.39. The average molecular weight is 444 g/mol. The number of benzene rings is 2. The summed E-state index contributed by atoms with van der Waals surface area (Å²) in [4.78, 5) is 12.8. The van der Waals surface area contributed by atoms with E-state index in [1.54, 1.807) is 0 Å². The molecule has 1 aromatic heterocycles. The van der Waals surface area contributed by atoms with E-state index < -0.39 is 51.1 Å². The van der Waals surface area contributed by atoms with Gasteiger partial charge < -0.3 is 27.7 Å². The Kier molecular flexibility index (Phi) is 5.74. The highest BCUT2D eigenvalue weighted by Gasteiger charge is 2.23. The first-order valence-corrected chi connectivity index (χ1v) is 9.57. The maximum absolute atomic E-state index is 12.8. The van der Waals surface area contributed by atoms with Crippen molar-refractivity contribution in [2.75, 3.05) is 7.11 Å². The molecule has 0 saturated carbocycles. The summed E-state index contributed by atoms with van der Waals surface area (Å²) < 4.78 is 59.8. The van der Waals surface area contributed by atoms with Crippen molar-refractivity contribution in [3.63, 3.8) is 0 Å². The number of rotatable bonds is 6. The van der Waals surface area contributed by atoms with E-state index in [9.17, 15) is 23.4 Å². The fraction of sp³-hybridized carbons (Fsp3) is 0.0625. The van der Waals surface area contributed by atoms with Crippen LogP contribution in [-0.4, -0.2) is 34.8 Å². The number of ether oxygens (including phenoxy) is 1. The quantitative estimate of drug-likeness (QED) is 0.409. The van der Waals surface area contributed by atoms with Crippen molar-refractivity contribution in [2.24, 2.45) is 0 Å². The maximum atomic E-state index is 12.8. The monoisotopic (exact) mass is 444 g/mol. The molecular formula is C16H12O11S2. The molecule has 2 atom stereocenters. The molecule has 11 nitrogen and oxygen atoms in total. The van der Waals surface area contributed by atoms with Gasteiger partial charge in [0.2, 0.25) is 11.2 Å². The van der Waals surface area contributed by atoms with Crippen LogP contribution in [0.4, 0.5) is 0 Å². The molecule has 0 amide bonds.